The van der Waals surface area contributed by atoms with Gasteiger partial charge in [-0.1, -0.05) is 6.07 Å². The first-order valence-corrected chi connectivity index (χ1v) is 9.77. The molecule has 0 saturated heterocycles. The number of likely N-dealkylation sites (N-methyl/N-ethyl adjacent to an activating group) is 1. The molecule has 0 bridgehead atoms. The summed E-state index contributed by atoms with van der Waals surface area (Å²) < 4.78 is 5.56. The van der Waals surface area contributed by atoms with Gasteiger partial charge in [0, 0.05) is 39.2 Å². The minimum Gasteiger partial charge on any atom is -0.381 e. The van der Waals surface area contributed by atoms with E-state index in [1.807, 2.05) is 18.2 Å². The van der Waals surface area contributed by atoms with Crippen molar-refractivity contribution in [3.63, 3.8) is 0 Å². The molecule has 1 saturated carbocycles. The van der Waals surface area contributed by atoms with Crippen LogP contribution in [-0.4, -0.2) is 61.9 Å². The van der Waals surface area contributed by atoms with Crippen molar-refractivity contribution < 1.29 is 14.3 Å². The van der Waals surface area contributed by atoms with E-state index in [1.165, 1.54) is 4.90 Å². The number of hydrogen-bond acceptors (Lipinski definition) is 5. The second-order valence-corrected chi connectivity index (χ2v) is 8.51. The lowest BCUT2D eigenvalue weighted by Gasteiger charge is -2.45. The molecule has 28 heavy (non-hydrogen) atoms. The predicted octanol–water partition coefficient (Wildman–Crippen LogP) is 1.50. The normalized spacial score (nSPS) is 31.4. The number of ether oxygens (including phenoxy) is 1. The number of fused-ring (bicyclic) bond motifs is 3. The third-order valence-corrected chi connectivity index (χ3v) is 6.91. The van der Waals surface area contributed by atoms with Crippen LogP contribution in [0, 0.1) is 5.41 Å². The highest BCUT2D eigenvalue weighted by Crippen LogP contribution is 2.61. The lowest BCUT2D eigenvalue weighted by Crippen LogP contribution is -2.51. The third kappa shape index (κ3) is 2.35. The van der Waals surface area contributed by atoms with Gasteiger partial charge < -0.3 is 15.4 Å². The number of rotatable bonds is 2. The highest BCUT2D eigenvalue weighted by molar-refractivity contribution is 6.08. The number of nitrogens with zero attached hydrogens (tertiary/aromatic N) is 3. The second kappa shape index (κ2) is 6.30. The van der Waals surface area contributed by atoms with Crippen molar-refractivity contribution in [2.24, 2.45) is 16.1 Å². The summed E-state index contributed by atoms with van der Waals surface area (Å²) in [5, 5.41) is 0. The standard InChI is InChI=1S/C21H28N4O3/c1-24(2)17(26)13-5-6-14-12-20(9-7-15(28-4)8-10-20)21(16(14)11-13)18(27)25(3)19(22)23-21/h5-6,11,15H,7-10,12H2,1-4H3,(H2,22,23). The molecule has 1 aliphatic heterocycles. The van der Waals surface area contributed by atoms with Gasteiger partial charge >= 0.3 is 0 Å². The Labute approximate surface area is 165 Å². The van der Waals surface area contributed by atoms with Gasteiger partial charge in [0.1, 0.15) is 0 Å². The summed E-state index contributed by atoms with van der Waals surface area (Å²) in [6.07, 6.45) is 4.45. The highest BCUT2D eigenvalue weighted by Gasteiger charge is 2.66. The fourth-order valence-electron chi connectivity index (χ4n) is 5.32. The number of amides is 2. The van der Waals surface area contributed by atoms with Crippen LogP contribution in [-0.2, 0) is 21.5 Å². The second-order valence-electron chi connectivity index (χ2n) is 8.51. The van der Waals surface area contributed by atoms with Gasteiger partial charge in [-0.15, -0.1) is 0 Å². The molecule has 7 heteroatoms. The van der Waals surface area contributed by atoms with Crippen molar-refractivity contribution in [2.45, 2.75) is 43.7 Å². The zero-order chi connectivity index (χ0) is 20.3. The molecule has 2 amide bonds. The molecule has 1 heterocycles. The van der Waals surface area contributed by atoms with E-state index in [2.05, 4.69) is 0 Å². The van der Waals surface area contributed by atoms with Crippen LogP contribution in [0.4, 0.5) is 0 Å². The molecular formula is C21H28N4O3. The number of hydrogen-bond donors (Lipinski definition) is 1. The molecule has 2 N–H and O–H groups in total. The van der Waals surface area contributed by atoms with E-state index in [-0.39, 0.29) is 29.3 Å². The monoisotopic (exact) mass is 384 g/mol. The molecule has 2 spiro atoms. The molecule has 1 fully saturated rings. The summed E-state index contributed by atoms with van der Waals surface area (Å²) in [6, 6.07) is 5.70. The number of carbonyl (C=O) groups is 2. The number of aliphatic imine (C=N–C) groups is 1. The highest BCUT2D eigenvalue weighted by atomic mass is 16.5. The van der Waals surface area contributed by atoms with Crippen LogP contribution in [0.3, 0.4) is 0 Å². The maximum atomic E-state index is 13.5. The van der Waals surface area contributed by atoms with Gasteiger partial charge in [-0.3, -0.25) is 14.5 Å². The molecular weight excluding hydrogens is 356 g/mol. The summed E-state index contributed by atoms with van der Waals surface area (Å²) in [5.41, 5.74) is 7.26. The number of benzene rings is 1. The fraction of sp³-hybridized carbons (Fsp3) is 0.571. The van der Waals surface area contributed by atoms with Crippen LogP contribution < -0.4 is 5.73 Å². The first-order valence-electron chi connectivity index (χ1n) is 9.77. The number of carbonyl (C=O) groups excluding carboxylic acids is 2. The van der Waals surface area contributed by atoms with Gasteiger partial charge in [0.05, 0.1) is 6.10 Å². The van der Waals surface area contributed by atoms with Gasteiger partial charge in [-0.05, 0) is 55.4 Å². The molecule has 1 atom stereocenters. The Morgan fingerprint density at radius 2 is 2.00 bits per heavy atom. The Hall–Kier alpha value is -2.41. The maximum absolute atomic E-state index is 13.5. The summed E-state index contributed by atoms with van der Waals surface area (Å²) in [5.74, 6) is 0.0715. The molecule has 2 aliphatic carbocycles. The zero-order valence-corrected chi connectivity index (χ0v) is 17.0. The molecule has 7 nitrogen and oxygen atoms in total. The lowest BCUT2D eigenvalue weighted by atomic mass is 9.61. The van der Waals surface area contributed by atoms with E-state index in [9.17, 15) is 9.59 Å². The molecule has 150 valence electrons. The minimum absolute atomic E-state index is 0.0854. The Morgan fingerprint density at radius 1 is 1.32 bits per heavy atom. The van der Waals surface area contributed by atoms with Crippen LogP contribution in [0.1, 0.15) is 47.2 Å². The summed E-state index contributed by atoms with van der Waals surface area (Å²) in [6.45, 7) is 0. The average Bonchev–Trinajstić information content (AvgIpc) is 3.08. The van der Waals surface area contributed by atoms with Crippen LogP contribution in [0.5, 0.6) is 0 Å². The summed E-state index contributed by atoms with van der Waals surface area (Å²) >= 11 is 0. The largest absolute Gasteiger partial charge is 0.381 e. The van der Waals surface area contributed by atoms with Gasteiger partial charge in [0.15, 0.2) is 11.5 Å². The van der Waals surface area contributed by atoms with E-state index in [0.29, 0.717) is 5.56 Å². The fourth-order valence-corrected chi connectivity index (χ4v) is 5.32. The third-order valence-electron chi connectivity index (χ3n) is 6.91. The van der Waals surface area contributed by atoms with Crippen molar-refractivity contribution >= 4 is 17.8 Å². The van der Waals surface area contributed by atoms with E-state index in [0.717, 1.165) is 43.2 Å². The molecule has 1 unspecified atom stereocenters. The van der Waals surface area contributed by atoms with Crippen molar-refractivity contribution in [3.8, 4) is 0 Å². The van der Waals surface area contributed by atoms with Crippen LogP contribution in [0.15, 0.2) is 23.2 Å². The van der Waals surface area contributed by atoms with Crippen molar-refractivity contribution in [1.82, 2.24) is 9.80 Å². The van der Waals surface area contributed by atoms with Gasteiger partial charge in [-0.25, -0.2) is 4.99 Å². The van der Waals surface area contributed by atoms with E-state index < -0.39 is 5.54 Å². The predicted molar refractivity (Wildman–Crippen MR) is 106 cm³/mol. The molecule has 3 aliphatic rings. The van der Waals surface area contributed by atoms with Gasteiger partial charge in [0.2, 0.25) is 0 Å². The topological polar surface area (TPSA) is 88.2 Å². The molecule has 4 rings (SSSR count). The van der Waals surface area contributed by atoms with Crippen LogP contribution >= 0.6 is 0 Å². The lowest BCUT2D eigenvalue weighted by molar-refractivity contribution is -0.137. The van der Waals surface area contributed by atoms with E-state index in [4.69, 9.17) is 15.5 Å². The van der Waals surface area contributed by atoms with E-state index in [1.54, 1.807) is 33.2 Å². The van der Waals surface area contributed by atoms with Crippen molar-refractivity contribution in [3.05, 3.63) is 34.9 Å². The van der Waals surface area contributed by atoms with E-state index >= 15 is 0 Å². The van der Waals surface area contributed by atoms with Crippen molar-refractivity contribution in [1.29, 1.82) is 0 Å². The molecule has 0 aromatic heterocycles. The SMILES string of the molecule is COC1CCC2(CC1)Cc1ccc(C(=O)N(C)C)cc1C21N=C(N)N(C)C1=O. The zero-order valence-electron chi connectivity index (χ0n) is 17.0. The van der Waals surface area contributed by atoms with Crippen molar-refractivity contribution in [2.75, 3.05) is 28.3 Å². The number of methoxy groups -OCH3 is 1. The van der Waals surface area contributed by atoms with Crippen LogP contribution in [0.2, 0.25) is 0 Å². The Balaban J connectivity index is 1.87. The average molecular weight is 384 g/mol. The molecule has 1 aromatic carbocycles. The maximum Gasteiger partial charge on any atom is 0.262 e. The Morgan fingerprint density at radius 3 is 2.54 bits per heavy atom. The van der Waals surface area contributed by atoms with Gasteiger partial charge in [-0.2, -0.15) is 0 Å². The number of guanidine groups is 1. The summed E-state index contributed by atoms with van der Waals surface area (Å²) in [7, 11) is 6.87. The first kappa shape index (κ1) is 18.9. The first-order chi connectivity index (χ1) is 13.3. The summed E-state index contributed by atoms with van der Waals surface area (Å²) in [4.78, 5) is 33.9. The number of nitrogens with two attached hydrogens (primary N) is 1. The Kier molecular flexibility index (Phi) is 4.26. The Bertz CT molecular complexity index is 870. The molecule has 1 aromatic rings. The minimum atomic E-state index is -1.04. The molecule has 0 radical (unpaired) electrons. The smallest absolute Gasteiger partial charge is 0.262 e. The van der Waals surface area contributed by atoms with Gasteiger partial charge in [0.25, 0.3) is 11.8 Å². The quantitative estimate of drug-likeness (QED) is 0.837. The van der Waals surface area contributed by atoms with Crippen LogP contribution in [0.25, 0.3) is 0 Å².